The van der Waals surface area contributed by atoms with Crippen LogP contribution in [-0.4, -0.2) is 27.6 Å². The van der Waals surface area contributed by atoms with Gasteiger partial charge in [-0.15, -0.1) is 0 Å². The number of rotatable bonds is 4. The molecule has 0 spiro atoms. The molecule has 2 aromatic rings. The first kappa shape index (κ1) is 22.2. The number of benzene rings is 2. The summed E-state index contributed by atoms with van der Waals surface area (Å²) in [4.78, 5) is 12.4. The second kappa shape index (κ2) is 8.01. The first-order valence-corrected chi connectivity index (χ1v) is 13.1. The van der Waals surface area contributed by atoms with E-state index in [2.05, 4.69) is 6.92 Å². The summed E-state index contributed by atoms with van der Waals surface area (Å²) in [6.45, 7) is 3.69. The minimum absolute atomic E-state index is 0.0821. The van der Waals surface area contributed by atoms with Crippen LogP contribution < -0.4 is 4.74 Å². The van der Waals surface area contributed by atoms with Crippen molar-refractivity contribution in [3.8, 4) is 5.75 Å². The van der Waals surface area contributed by atoms with Gasteiger partial charge in [-0.3, -0.25) is 4.79 Å². The molecule has 2 aromatic carbocycles. The highest BCUT2D eigenvalue weighted by atomic mass is 32.2. The van der Waals surface area contributed by atoms with Crippen LogP contribution in [0.1, 0.15) is 56.6 Å². The Balaban J connectivity index is 1.65. The fourth-order valence-corrected chi connectivity index (χ4v) is 8.13. The number of hydrogen-bond donors (Lipinski definition) is 0. The zero-order valence-electron chi connectivity index (χ0n) is 19.3. The molecule has 0 amide bonds. The zero-order valence-corrected chi connectivity index (χ0v) is 20.1. The molecule has 0 heterocycles. The van der Waals surface area contributed by atoms with Gasteiger partial charge in [0.2, 0.25) is 9.84 Å². The molecule has 0 aromatic heterocycles. The summed E-state index contributed by atoms with van der Waals surface area (Å²) in [6.07, 6.45) is 5.54. The quantitative estimate of drug-likeness (QED) is 0.567. The van der Waals surface area contributed by atoms with Gasteiger partial charge < -0.3 is 9.47 Å². The van der Waals surface area contributed by atoms with Gasteiger partial charge in [0, 0.05) is 17.9 Å². The molecule has 0 N–H and O–H groups in total. The van der Waals surface area contributed by atoms with E-state index in [0.29, 0.717) is 15.6 Å². The Morgan fingerprint density at radius 2 is 1.82 bits per heavy atom. The van der Waals surface area contributed by atoms with Crippen LogP contribution in [0.4, 0.5) is 0 Å². The monoisotopic (exact) mass is 466 g/mol. The Labute approximate surface area is 195 Å². The summed E-state index contributed by atoms with van der Waals surface area (Å²) in [6, 6.07) is 14.5. The molecule has 3 aliphatic rings. The molecule has 2 saturated carbocycles. The predicted molar refractivity (Wildman–Crippen MR) is 126 cm³/mol. The van der Waals surface area contributed by atoms with Gasteiger partial charge in [-0.1, -0.05) is 37.3 Å². The maximum atomic E-state index is 13.8. The first-order valence-electron chi connectivity index (χ1n) is 11.6. The smallest absolute Gasteiger partial charge is 0.302 e. The summed E-state index contributed by atoms with van der Waals surface area (Å²) in [5.41, 5.74) is 1.68. The molecule has 6 heteroatoms. The van der Waals surface area contributed by atoms with E-state index in [0.717, 1.165) is 36.8 Å². The Morgan fingerprint density at radius 1 is 1.06 bits per heavy atom. The third-order valence-electron chi connectivity index (χ3n) is 8.17. The number of allylic oxidation sites excluding steroid dienone is 1. The van der Waals surface area contributed by atoms with Gasteiger partial charge in [0.15, 0.2) is 0 Å². The third-order valence-corrected chi connectivity index (χ3v) is 9.99. The number of esters is 1. The molecule has 174 valence electrons. The van der Waals surface area contributed by atoms with Crippen LogP contribution in [0.15, 0.2) is 59.5 Å². The normalized spacial score (nSPS) is 30.5. The van der Waals surface area contributed by atoms with Crippen molar-refractivity contribution in [2.45, 2.75) is 56.4 Å². The second-order valence-corrected chi connectivity index (χ2v) is 11.7. The lowest BCUT2D eigenvalue weighted by atomic mass is 9.57. The Hall–Kier alpha value is -2.60. The minimum atomic E-state index is -3.71. The highest BCUT2D eigenvalue weighted by molar-refractivity contribution is 8.00. The molecule has 0 saturated heterocycles. The average Bonchev–Trinajstić information content (AvgIpc) is 3.14. The van der Waals surface area contributed by atoms with Crippen LogP contribution in [0.25, 0.3) is 4.91 Å². The lowest BCUT2D eigenvalue weighted by molar-refractivity contribution is -0.154. The van der Waals surface area contributed by atoms with Crippen molar-refractivity contribution in [2.75, 3.05) is 7.11 Å². The molecule has 0 bridgehead atoms. The maximum Gasteiger partial charge on any atom is 0.302 e. The highest BCUT2D eigenvalue weighted by Gasteiger charge is 2.56. The summed E-state index contributed by atoms with van der Waals surface area (Å²) >= 11 is 0. The number of hydrogen-bond acceptors (Lipinski definition) is 5. The number of sulfone groups is 1. The Kier molecular flexibility index (Phi) is 5.39. The van der Waals surface area contributed by atoms with Crippen molar-refractivity contribution in [1.29, 1.82) is 0 Å². The predicted octanol–water partition coefficient (Wildman–Crippen LogP) is 5.37. The maximum absolute atomic E-state index is 13.8. The van der Waals surface area contributed by atoms with E-state index in [1.165, 1.54) is 6.92 Å². The van der Waals surface area contributed by atoms with Gasteiger partial charge in [-0.2, -0.15) is 0 Å². The summed E-state index contributed by atoms with van der Waals surface area (Å²) in [5.74, 6) is 0.996. The molecule has 3 aliphatic carbocycles. The topological polar surface area (TPSA) is 69.7 Å². The molecule has 5 rings (SSSR count). The zero-order chi connectivity index (χ0) is 23.4. The van der Waals surface area contributed by atoms with Gasteiger partial charge in [0.05, 0.1) is 16.9 Å². The van der Waals surface area contributed by atoms with E-state index < -0.39 is 9.84 Å². The summed E-state index contributed by atoms with van der Waals surface area (Å²) in [5, 5.41) is 0. The third kappa shape index (κ3) is 3.50. The number of methoxy groups -OCH3 is 1. The van der Waals surface area contributed by atoms with Crippen LogP contribution in [0.2, 0.25) is 0 Å². The molecule has 0 aliphatic heterocycles. The molecule has 5 nitrogen and oxygen atoms in total. The lowest BCUT2D eigenvalue weighted by Gasteiger charge is -2.49. The van der Waals surface area contributed by atoms with Crippen LogP contribution in [0.3, 0.4) is 0 Å². The number of fused-ring (bicyclic) bond motifs is 5. The summed E-state index contributed by atoms with van der Waals surface area (Å²) in [7, 11) is -2.11. The standard InChI is InChI=1S/C27H30O5S/c1-17(28)32-26-12-11-24-22-16-25(33(29,30)19-7-5-4-6-8-19)23-15-18(31-3)9-10-20(23)21(22)13-14-27(24,26)2/h4-10,15-16,21-22,24,26H,11-14H2,1-3H3/t21-,22-,24+,26-,27+/m1/s1. The van der Waals surface area contributed by atoms with Crippen LogP contribution in [0.5, 0.6) is 5.75 Å². The van der Waals surface area contributed by atoms with Gasteiger partial charge in [-0.25, -0.2) is 8.42 Å². The van der Waals surface area contributed by atoms with Gasteiger partial charge >= 0.3 is 5.97 Å². The van der Waals surface area contributed by atoms with Crippen molar-refractivity contribution >= 4 is 20.7 Å². The molecule has 0 radical (unpaired) electrons. The first-order chi connectivity index (χ1) is 15.8. The van der Waals surface area contributed by atoms with Gasteiger partial charge in [-0.05, 0) is 73.3 Å². The Bertz CT molecular complexity index is 1220. The van der Waals surface area contributed by atoms with E-state index in [-0.39, 0.29) is 35.2 Å². The van der Waals surface area contributed by atoms with E-state index in [1.807, 2.05) is 30.3 Å². The van der Waals surface area contributed by atoms with Crippen molar-refractivity contribution in [1.82, 2.24) is 0 Å². The minimum Gasteiger partial charge on any atom is -0.497 e. The van der Waals surface area contributed by atoms with E-state index in [9.17, 15) is 13.2 Å². The van der Waals surface area contributed by atoms with Crippen molar-refractivity contribution in [3.05, 3.63) is 65.7 Å². The van der Waals surface area contributed by atoms with Crippen molar-refractivity contribution < 1.29 is 22.7 Å². The number of ether oxygens (including phenoxy) is 2. The number of carbonyl (C=O) groups is 1. The fourth-order valence-electron chi connectivity index (χ4n) is 6.56. The highest BCUT2D eigenvalue weighted by Crippen LogP contribution is 2.62. The SMILES string of the molecule is COc1ccc2c(c1)C(S(=O)(=O)c1ccccc1)=C[C@@H]1[C@@H]2CC[C@]2(C)[C@H](OC(C)=O)CC[C@@H]12. The van der Waals surface area contributed by atoms with Crippen molar-refractivity contribution in [2.24, 2.45) is 17.3 Å². The van der Waals surface area contributed by atoms with Crippen LogP contribution in [-0.2, 0) is 19.4 Å². The van der Waals surface area contributed by atoms with Gasteiger partial charge in [0.1, 0.15) is 11.9 Å². The van der Waals surface area contributed by atoms with E-state index in [4.69, 9.17) is 9.47 Å². The van der Waals surface area contributed by atoms with E-state index >= 15 is 0 Å². The fraction of sp³-hybridized carbons (Fsp3) is 0.444. The number of carbonyl (C=O) groups excluding carboxylic acids is 1. The molecular weight excluding hydrogens is 436 g/mol. The van der Waals surface area contributed by atoms with Gasteiger partial charge in [0.25, 0.3) is 0 Å². The largest absolute Gasteiger partial charge is 0.497 e. The molecule has 5 atom stereocenters. The molecular formula is C27H30O5S. The molecule has 0 unspecified atom stereocenters. The van der Waals surface area contributed by atoms with Crippen LogP contribution >= 0.6 is 0 Å². The van der Waals surface area contributed by atoms with Crippen molar-refractivity contribution in [3.63, 3.8) is 0 Å². The second-order valence-electron chi connectivity index (χ2n) is 9.81. The summed E-state index contributed by atoms with van der Waals surface area (Å²) < 4.78 is 38.8. The average molecular weight is 467 g/mol. The van der Waals surface area contributed by atoms with E-state index in [1.54, 1.807) is 31.4 Å². The molecule has 33 heavy (non-hydrogen) atoms. The Morgan fingerprint density at radius 3 is 2.52 bits per heavy atom. The lowest BCUT2D eigenvalue weighted by Crippen LogP contribution is -2.44. The molecule has 2 fully saturated rings. The van der Waals surface area contributed by atoms with Crippen LogP contribution in [0, 0.1) is 17.3 Å².